The van der Waals surface area contributed by atoms with Crippen molar-refractivity contribution in [2.75, 3.05) is 13.6 Å². The summed E-state index contributed by atoms with van der Waals surface area (Å²) >= 11 is 0. The van der Waals surface area contributed by atoms with Gasteiger partial charge in [0.05, 0.1) is 5.52 Å². The van der Waals surface area contributed by atoms with Gasteiger partial charge in [-0.25, -0.2) is 0 Å². The number of para-hydroxylation sites is 1. The lowest BCUT2D eigenvalue weighted by molar-refractivity contribution is 0.238. The van der Waals surface area contributed by atoms with Crippen molar-refractivity contribution in [1.82, 2.24) is 10.3 Å². The van der Waals surface area contributed by atoms with E-state index in [9.17, 15) is 0 Å². The van der Waals surface area contributed by atoms with E-state index in [2.05, 4.69) is 40.8 Å². The summed E-state index contributed by atoms with van der Waals surface area (Å²) in [6.07, 6.45) is 5.98. The second-order valence-corrected chi connectivity index (χ2v) is 5.08. The first-order chi connectivity index (χ1) is 8.34. The quantitative estimate of drug-likeness (QED) is 0.870. The van der Waals surface area contributed by atoms with E-state index in [1.165, 1.54) is 30.2 Å². The zero-order valence-corrected chi connectivity index (χ0v) is 10.2. The summed E-state index contributed by atoms with van der Waals surface area (Å²) in [5.41, 5.74) is 2.83. The van der Waals surface area contributed by atoms with E-state index in [4.69, 9.17) is 0 Å². The van der Waals surface area contributed by atoms with Crippen LogP contribution in [0.15, 0.2) is 36.5 Å². The van der Waals surface area contributed by atoms with Crippen LogP contribution in [0.25, 0.3) is 10.9 Å². The monoisotopic (exact) mass is 226 g/mol. The lowest BCUT2D eigenvalue weighted by Crippen LogP contribution is -2.42. The second kappa shape index (κ2) is 4.11. The van der Waals surface area contributed by atoms with Crippen molar-refractivity contribution in [1.29, 1.82) is 0 Å². The van der Waals surface area contributed by atoms with Gasteiger partial charge in [0.25, 0.3) is 0 Å². The smallest absolute Gasteiger partial charge is 0.0702 e. The van der Waals surface area contributed by atoms with Crippen molar-refractivity contribution in [3.8, 4) is 0 Å². The Morgan fingerprint density at radius 2 is 2.12 bits per heavy atom. The van der Waals surface area contributed by atoms with E-state index in [1.54, 1.807) is 0 Å². The normalized spacial score (nSPS) is 17.9. The standard InChI is InChI=1S/C15H18N2/c1-16-11-15(7-4-8-15)13-9-12-5-2-3-6-14(12)17-10-13/h2-3,5-6,9-10,16H,4,7-8,11H2,1H3. The Bertz CT molecular complexity index is 529. The van der Waals surface area contributed by atoms with Gasteiger partial charge in [-0.1, -0.05) is 24.6 Å². The maximum Gasteiger partial charge on any atom is 0.0702 e. The number of aromatic nitrogens is 1. The minimum atomic E-state index is 0.339. The molecule has 0 amide bonds. The number of hydrogen-bond acceptors (Lipinski definition) is 2. The largest absolute Gasteiger partial charge is 0.319 e. The Balaban J connectivity index is 2.05. The molecule has 3 rings (SSSR count). The summed E-state index contributed by atoms with van der Waals surface area (Å²) in [6, 6.07) is 10.7. The fraction of sp³-hybridized carbons (Fsp3) is 0.400. The maximum absolute atomic E-state index is 4.58. The summed E-state index contributed by atoms with van der Waals surface area (Å²) in [5, 5.41) is 4.59. The second-order valence-electron chi connectivity index (χ2n) is 5.08. The molecule has 1 aliphatic carbocycles. The third kappa shape index (κ3) is 1.73. The number of pyridine rings is 1. The molecule has 2 nitrogen and oxygen atoms in total. The van der Waals surface area contributed by atoms with Crippen LogP contribution in [0.3, 0.4) is 0 Å². The van der Waals surface area contributed by atoms with E-state index in [0.29, 0.717) is 5.41 Å². The molecule has 0 bridgehead atoms. The van der Waals surface area contributed by atoms with E-state index < -0.39 is 0 Å². The molecule has 1 saturated carbocycles. The molecule has 0 aliphatic heterocycles. The predicted octanol–water partition coefficient (Wildman–Crippen LogP) is 2.88. The number of hydrogen-bond donors (Lipinski definition) is 1. The third-order valence-electron chi connectivity index (χ3n) is 4.03. The van der Waals surface area contributed by atoms with Gasteiger partial charge in [0.15, 0.2) is 0 Å². The first kappa shape index (κ1) is 10.7. The van der Waals surface area contributed by atoms with Crippen molar-refractivity contribution in [3.63, 3.8) is 0 Å². The van der Waals surface area contributed by atoms with E-state index in [1.807, 2.05) is 13.1 Å². The Morgan fingerprint density at radius 3 is 2.82 bits per heavy atom. The Kier molecular flexibility index (Phi) is 2.60. The first-order valence-corrected chi connectivity index (χ1v) is 6.34. The van der Waals surface area contributed by atoms with Crippen LogP contribution in [-0.2, 0) is 5.41 Å². The minimum Gasteiger partial charge on any atom is -0.319 e. The lowest BCUT2D eigenvalue weighted by Gasteiger charge is -2.42. The van der Waals surface area contributed by atoms with Gasteiger partial charge in [-0.05, 0) is 37.6 Å². The third-order valence-corrected chi connectivity index (χ3v) is 4.03. The molecule has 0 radical (unpaired) electrons. The highest BCUT2D eigenvalue weighted by Crippen LogP contribution is 2.43. The molecule has 1 fully saturated rings. The Morgan fingerprint density at radius 1 is 1.29 bits per heavy atom. The van der Waals surface area contributed by atoms with E-state index >= 15 is 0 Å². The molecule has 1 aromatic heterocycles. The number of benzene rings is 1. The molecular formula is C15H18N2. The molecule has 2 heteroatoms. The summed E-state index contributed by atoms with van der Waals surface area (Å²) in [7, 11) is 2.04. The van der Waals surface area contributed by atoms with Crippen molar-refractivity contribution in [2.45, 2.75) is 24.7 Å². The number of fused-ring (bicyclic) bond motifs is 1. The van der Waals surface area contributed by atoms with Gasteiger partial charge in [0.1, 0.15) is 0 Å². The zero-order chi connectivity index (χ0) is 11.7. The van der Waals surface area contributed by atoms with Crippen molar-refractivity contribution in [2.24, 2.45) is 0 Å². The highest BCUT2D eigenvalue weighted by Gasteiger charge is 2.38. The van der Waals surface area contributed by atoms with Crippen LogP contribution in [-0.4, -0.2) is 18.6 Å². The van der Waals surface area contributed by atoms with Crippen LogP contribution >= 0.6 is 0 Å². The first-order valence-electron chi connectivity index (χ1n) is 6.34. The predicted molar refractivity (Wildman–Crippen MR) is 71.2 cm³/mol. The topological polar surface area (TPSA) is 24.9 Å². The SMILES string of the molecule is CNCC1(c2cnc3ccccc3c2)CCC1. The molecule has 2 aromatic rings. The average molecular weight is 226 g/mol. The van der Waals surface area contributed by atoms with Gasteiger partial charge >= 0.3 is 0 Å². The summed E-state index contributed by atoms with van der Waals surface area (Å²) in [5.74, 6) is 0. The van der Waals surface area contributed by atoms with Crippen molar-refractivity contribution < 1.29 is 0 Å². The van der Waals surface area contributed by atoms with Gasteiger partial charge < -0.3 is 5.32 Å². The molecule has 0 unspecified atom stereocenters. The minimum absolute atomic E-state index is 0.339. The number of rotatable bonds is 3. The van der Waals surface area contributed by atoms with Crippen LogP contribution in [0.1, 0.15) is 24.8 Å². The number of likely N-dealkylation sites (N-methyl/N-ethyl adjacent to an activating group) is 1. The molecule has 0 saturated heterocycles. The van der Waals surface area contributed by atoms with Crippen LogP contribution in [0.5, 0.6) is 0 Å². The van der Waals surface area contributed by atoms with Crippen molar-refractivity contribution >= 4 is 10.9 Å². The van der Waals surface area contributed by atoms with Gasteiger partial charge in [0, 0.05) is 23.5 Å². The Hall–Kier alpha value is -1.41. The van der Waals surface area contributed by atoms with Gasteiger partial charge in [-0.2, -0.15) is 0 Å². The molecule has 0 atom stereocenters. The van der Waals surface area contributed by atoms with E-state index in [-0.39, 0.29) is 0 Å². The van der Waals surface area contributed by atoms with Crippen LogP contribution in [0.2, 0.25) is 0 Å². The molecule has 1 heterocycles. The Labute approximate surface area is 102 Å². The molecule has 1 aliphatic rings. The molecule has 0 spiro atoms. The maximum atomic E-state index is 4.58. The van der Waals surface area contributed by atoms with Gasteiger partial charge in [-0.3, -0.25) is 4.98 Å². The van der Waals surface area contributed by atoms with E-state index in [0.717, 1.165) is 12.1 Å². The molecule has 88 valence electrons. The van der Waals surface area contributed by atoms with Crippen LogP contribution in [0, 0.1) is 0 Å². The van der Waals surface area contributed by atoms with Crippen molar-refractivity contribution in [3.05, 3.63) is 42.1 Å². The summed E-state index contributed by atoms with van der Waals surface area (Å²) < 4.78 is 0. The van der Waals surface area contributed by atoms with Crippen LogP contribution < -0.4 is 5.32 Å². The molecular weight excluding hydrogens is 208 g/mol. The van der Waals surface area contributed by atoms with Crippen LogP contribution in [0.4, 0.5) is 0 Å². The average Bonchev–Trinajstić information content (AvgIpc) is 2.33. The summed E-state index contributed by atoms with van der Waals surface area (Å²) in [6.45, 7) is 1.06. The fourth-order valence-electron chi connectivity index (χ4n) is 2.87. The van der Waals surface area contributed by atoms with Gasteiger partial charge in [-0.15, -0.1) is 0 Å². The summed E-state index contributed by atoms with van der Waals surface area (Å²) in [4.78, 5) is 4.58. The fourth-order valence-corrected chi connectivity index (χ4v) is 2.87. The number of nitrogens with one attached hydrogen (secondary N) is 1. The molecule has 1 N–H and O–H groups in total. The number of nitrogens with zero attached hydrogens (tertiary/aromatic N) is 1. The lowest BCUT2D eigenvalue weighted by atomic mass is 9.64. The highest BCUT2D eigenvalue weighted by molar-refractivity contribution is 5.79. The highest BCUT2D eigenvalue weighted by atomic mass is 14.8. The molecule has 1 aromatic carbocycles. The molecule has 17 heavy (non-hydrogen) atoms. The zero-order valence-electron chi connectivity index (χ0n) is 10.2. The van der Waals surface area contributed by atoms with Gasteiger partial charge in [0.2, 0.25) is 0 Å².